The number of phenols is 1. The third-order valence-electron chi connectivity index (χ3n) is 3.81. The van der Waals surface area contributed by atoms with Crippen molar-refractivity contribution in [1.82, 2.24) is 5.32 Å². The van der Waals surface area contributed by atoms with E-state index in [0.29, 0.717) is 23.6 Å². The number of carbonyl (C=O) groups excluding carboxylic acids is 2. The molecule has 0 bridgehead atoms. The van der Waals surface area contributed by atoms with Gasteiger partial charge in [-0.25, -0.2) is 0 Å². The largest absolute Gasteiger partial charge is 0.504 e. The van der Waals surface area contributed by atoms with Gasteiger partial charge in [0, 0.05) is 12.1 Å². The second kappa shape index (κ2) is 10.0. The van der Waals surface area contributed by atoms with E-state index in [1.807, 2.05) is 6.92 Å². The number of carbonyl (C=O) groups is 2. The molecule has 0 heterocycles. The number of likely N-dealkylation sites (N-methyl/N-ethyl adjacent to an activating group) is 1. The highest BCUT2D eigenvalue weighted by molar-refractivity contribution is 6.07. The molecule has 0 aliphatic carbocycles. The standard InChI is InChI=1S/C21H23NO6/c1-4-22-21(25)13-28-18-10-6-14(11-20(18)27-3)5-8-16(23)15-7-9-17(24)19(12-15)26-2/h5-12,24H,4,13H2,1-3H3,(H,22,25)/b8-5+. The molecule has 0 aromatic heterocycles. The van der Waals surface area contributed by atoms with Crippen LogP contribution in [0.15, 0.2) is 42.5 Å². The summed E-state index contributed by atoms with van der Waals surface area (Å²) in [6.07, 6.45) is 3.05. The van der Waals surface area contributed by atoms with E-state index in [-0.39, 0.29) is 29.8 Å². The molecule has 0 fully saturated rings. The van der Waals surface area contributed by atoms with E-state index in [4.69, 9.17) is 14.2 Å². The fraction of sp³-hybridized carbons (Fsp3) is 0.238. The quantitative estimate of drug-likeness (QED) is 0.509. The van der Waals surface area contributed by atoms with E-state index >= 15 is 0 Å². The Morgan fingerprint density at radius 2 is 1.79 bits per heavy atom. The summed E-state index contributed by atoms with van der Waals surface area (Å²) in [6, 6.07) is 9.52. The average Bonchev–Trinajstić information content (AvgIpc) is 2.71. The molecule has 2 aromatic carbocycles. The SMILES string of the molecule is CCNC(=O)COc1ccc(/C=C/C(=O)c2ccc(O)c(OC)c2)cc1OC. The van der Waals surface area contributed by atoms with E-state index < -0.39 is 0 Å². The van der Waals surface area contributed by atoms with E-state index in [2.05, 4.69) is 5.32 Å². The number of allylic oxidation sites excluding steroid dienone is 1. The minimum absolute atomic E-state index is 0.0315. The average molecular weight is 385 g/mol. The van der Waals surface area contributed by atoms with Crippen LogP contribution in [0.1, 0.15) is 22.8 Å². The van der Waals surface area contributed by atoms with Crippen molar-refractivity contribution >= 4 is 17.8 Å². The molecular weight excluding hydrogens is 362 g/mol. The Balaban J connectivity index is 2.11. The van der Waals surface area contributed by atoms with Gasteiger partial charge in [-0.2, -0.15) is 0 Å². The number of rotatable bonds is 9. The summed E-state index contributed by atoms with van der Waals surface area (Å²) in [5.41, 5.74) is 1.11. The minimum atomic E-state index is -0.242. The van der Waals surface area contributed by atoms with Gasteiger partial charge in [0.1, 0.15) is 0 Å². The molecule has 2 aromatic rings. The number of ether oxygens (including phenoxy) is 3. The lowest BCUT2D eigenvalue weighted by Crippen LogP contribution is -2.28. The number of aromatic hydroxyl groups is 1. The van der Waals surface area contributed by atoms with Gasteiger partial charge in [-0.1, -0.05) is 12.1 Å². The van der Waals surface area contributed by atoms with Crippen LogP contribution in [-0.2, 0) is 4.79 Å². The molecule has 2 rings (SSSR count). The van der Waals surface area contributed by atoms with Gasteiger partial charge in [0.25, 0.3) is 5.91 Å². The normalized spacial score (nSPS) is 10.5. The van der Waals surface area contributed by atoms with Gasteiger partial charge in [-0.15, -0.1) is 0 Å². The predicted octanol–water partition coefficient (Wildman–Crippen LogP) is 2.82. The van der Waals surface area contributed by atoms with Crippen molar-refractivity contribution in [3.8, 4) is 23.0 Å². The molecule has 0 saturated heterocycles. The maximum atomic E-state index is 12.3. The third-order valence-corrected chi connectivity index (χ3v) is 3.81. The maximum Gasteiger partial charge on any atom is 0.257 e. The van der Waals surface area contributed by atoms with Gasteiger partial charge >= 0.3 is 0 Å². The number of nitrogens with one attached hydrogen (secondary N) is 1. The molecule has 0 unspecified atom stereocenters. The van der Waals surface area contributed by atoms with Gasteiger partial charge in [0.05, 0.1) is 14.2 Å². The Hall–Kier alpha value is -3.48. The molecule has 148 valence electrons. The van der Waals surface area contributed by atoms with Gasteiger partial charge in [-0.3, -0.25) is 9.59 Å². The van der Waals surface area contributed by atoms with Crippen LogP contribution in [0.5, 0.6) is 23.0 Å². The number of methoxy groups -OCH3 is 2. The van der Waals surface area contributed by atoms with Crippen molar-refractivity contribution < 1.29 is 28.9 Å². The summed E-state index contributed by atoms with van der Waals surface area (Å²) in [4.78, 5) is 23.8. The summed E-state index contributed by atoms with van der Waals surface area (Å²) >= 11 is 0. The van der Waals surface area contributed by atoms with Gasteiger partial charge in [-0.05, 0) is 48.9 Å². The summed E-state index contributed by atoms with van der Waals surface area (Å²) in [6.45, 7) is 2.25. The smallest absolute Gasteiger partial charge is 0.257 e. The molecule has 7 heteroatoms. The fourth-order valence-corrected chi connectivity index (χ4v) is 2.40. The molecule has 0 aliphatic heterocycles. The monoisotopic (exact) mass is 385 g/mol. The Morgan fingerprint density at radius 3 is 2.46 bits per heavy atom. The summed E-state index contributed by atoms with van der Waals surface area (Å²) in [5, 5.41) is 12.3. The van der Waals surface area contributed by atoms with Crippen molar-refractivity contribution in [2.45, 2.75) is 6.92 Å². The van der Waals surface area contributed by atoms with E-state index in [9.17, 15) is 14.7 Å². The molecule has 2 N–H and O–H groups in total. The lowest BCUT2D eigenvalue weighted by Gasteiger charge is -2.11. The Kier molecular flexibility index (Phi) is 7.45. The summed E-state index contributed by atoms with van der Waals surface area (Å²) in [5.74, 6) is 0.619. The molecule has 0 spiro atoms. The molecule has 7 nitrogen and oxygen atoms in total. The van der Waals surface area contributed by atoms with Crippen LogP contribution in [0.4, 0.5) is 0 Å². The molecule has 1 amide bonds. The second-order valence-electron chi connectivity index (χ2n) is 5.74. The third kappa shape index (κ3) is 5.51. The van der Waals surface area contributed by atoms with Crippen LogP contribution in [0.2, 0.25) is 0 Å². The Bertz CT molecular complexity index is 875. The first-order valence-electron chi connectivity index (χ1n) is 8.65. The Morgan fingerprint density at radius 1 is 1.04 bits per heavy atom. The number of phenolic OH excluding ortho intramolecular Hbond substituents is 1. The molecule has 0 radical (unpaired) electrons. The highest BCUT2D eigenvalue weighted by atomic mass is 16.5. The first kappa shape index (κ1) is 20.8. The molecule has 0 atom stereocenters. The summed E-state index contributed by atoms with van der Waals surface area (Å²) < 4.78 is 15.8. The van der Waals surface area contributed by atoms with Crippen LogP contribution in [-0.4, -0.2) is 44.2 Å². The Labute approximate surface area is 163 Å². The number of amides is 1. The highest BCUT2D eigenvalue weighted by Gasteiger charge is 2.09. The molecule has 0 aliphatic rings. The van der Waals surface area contributed by atoms with Crippen molar-refractivity contribution in [2.24, 2.45) is 0 Å². The van der Waals surface area contributed by atoms with Crippen molar-refractivity contribution in [3.63, 3.8) is 0 Å². The number of hydrogen-bond acceptors (Lipinski definition) is 6. The first-order valence-corrected chi connectivity index (χ1v) is 8.65. The predicted molar refractivity (Wildman–Crippen MR) is 105 cm³/mol. The van der Waals surface area contributed by atoms with Crippen LogP contribution in [0.3, 0.4) is 0 Å². The first-order chi connectivity index (χ1) is 13.5. The van der Waals surface area contributed by atoms with Crippen molar-refractivity contribution in [3.05, 3.63) is 53.6 Å². The lowest BCUT2D eigenvalue weighted by molar-refractivity contribution is -0.123. The van der Waals surface area contributed by atoms with Crippen molar-refractivity contribution in [1.29, 1.82) is 0 Å². The number of benzene rings is 2. The minimum Gasteiger partial charge on any atom is -0.504 e. The van der Waals surface area contributed by atoms with Crippen molar-refractivity contribution in [2.75, 3.05) is 27.4 Å². The van der Waals surface area contributed by atoms with Gasteiger partial charge < -0.3 is 24.6 Å². The lowest BCUT2D eigenvalue weighted by atomic mass is 10.1. The zero-order chi connectivity index (χ0) is 20.5. The number of hydrogen-bond donors (Lipinski definition) is 2. The van der Waals surface area contributed by atoms with E-state index in [0.717, 1.165) is 5.56 Å². The van der Waals surface area contributed by atoms with Gasteiger partial charge in [0.2, 0.25) is 0 Å². The number of ketones is 1. The fourth-order valence-electron chi connectivity index (χ4n) is 2.40. The van der Waals surface area contributed by atoms with Crippen LogP contribution >= 0.6 is 0 Å². The van der Waals surface area contributed by atoms with E-state index in [1.54, 1.807) is 24.3 Å². The summed E-state index contributed by atoms with van der Waals surface area (Å²) in [7, 11) is 2.91. The van der Waals surface area contributed by atoms with Crippen LogP contribution < -0.4 is 19.5 Å². The van der Waals surface area contributed by atoms with Gasteiger partial charge in [0.15, 0.2) is 35.4 Å². The second-order valence-corrected chi connectivity index (χ2v) is 5.74. The highest BCUT2D eigenvalue weighted by Crippen LogP contribution is 2.29. The molecule has 0 saturated carbocycles. The zero-order valence-electron chi connectivity index (χ0n) is 16.0. The molecule has 28 heavy (non-hydrogen) atoms. The maximum absolute atomic E-state index is 12.3. The van der Waals surface area contributed by atoms with E-state index in [1.165, 1.54) is 38.5 Å². The van der Waals surface area contributed by atoms with Crippen LogP contribution in [0, 0.1) is 0 Å². The molecular formula is C21H23NO6. The topological polar surface area (TPSA) is 94.1 Å². The van der Waals surface area contributed by atoms with Crippen LogP contribution in [0.25, 0.3) is 6.08 Å². The zero-order valence-corrected chi connectivity index (χ0v) is 16.0.